The molecule has 1 N–H and O–H groups in total. The van der Waals surface area contributed by atoms with Crippen LogP contribution in [0.2, 0.25) is 5.02 Å². The SMILES string of the molecule is O=C(Cn1cnc2ccccc21)N/N=C\c1ccc(Cl)cc1. The van der Waals surface area contributed by atoms with Crippen molar-refractivity contribution in [1.82, 2.24) is 15.0 Å². The van der Waals surface area contributed by atoms with Crippen LogP contribution < -0.4 is 5.43 Å². The first-order chi connectivity index (χ1) is 10.7. The van der Waals surface area contributed by atoms with Crippen molar-refractivity contribution in [3.05, 3.63) is 65.4 Å². The van der Waals surface area contributed by atoms with Crippen molar-refractivity contribution in [2.24, 2.45) is 5.10 Å². The molecule has 0 saturated heterocycles. The first kappa shape index (κ1) is 14.3. The van der Waals surface area contributed by atoms with Gasteiger partial charge >= 0.3 is 0 Å². The van der Waals surface area contributed by atoms with Gasteiger partial charge in [-0.3, -0.25) is 4.79 Å². The average molecular weight is 313 g/mol. The number of nitrogens with one attached hydrogen (secondary N) is 1. The molecule has 0 unspecified atom stereocenters. The summed E-state index contributed by atoms with van der Waals surface area (Å²) in [5.41, 5.74) is 5.13. The van der Waals surface area contributed by atoms with Gasteiger partial charge in [-0.25, -0.2) is 10.4 Å². The molecule has 3 aromatic rings. The van der Waals surface area contributed by atoms with E-state index in [1.165, 1.54) is 0 Å². The average Bonchev–Trinajstić information content (AvgIpc) is 2.93. The number of fused-ring (bicyclic) bond motifs is 1. The lowest BCUT2D eigenvalue weighted by Gasteiger charge is -2.02. The smallest absolute Gasteiger partial charge is 0.260 e. The van der Waals surface area contributed by atoms with Gasteiger partial charge in [0.2, 0.25) is 0 Å². The van der Waals surface area contributed by atoms with Gasteiger partial charge in [0.05, 0.1) is 23.6 Å². The van der Waals surface area contributed by atoms with Crippen LogP contribution in [0.1, 0.15) is 5.56 Å². The summed E-state index contributed by atoms with van der Waals surface area (Å²) in [6.45, 7) is 0.165. The van der Waals surface area contributed by atoms with E-state index < -0.39 is 0 Å². The van der Waals surface area contributed by atoms with E-state index >= 15 is 0 Å². The quantitative estimate of drug-likeness (QED) is 0.595. The molecule has 110 valence electrons. The minimum Gasteiger partial charge on any atom is -0.321 e. The van der Waals surface area contributed by atoms with Crippen LogP contribution in [0.15, 0.2) is 60.0 Å². The minimum atomic E-state index is -0.214. The fraction of sp³-hybridized carbons (Fsp3) is 0.0625. The molecule has 6 heteroatoms. The van der Waals surface area contributed by atoms with Gasteiger partial charge in [0.15, 0.2) is 0 Å². The third kappa shape index (κ3) is 3.32. The molecule has 0 aliphatic carbocycles. The van der Waals surface area contributed by atoms with Crippen molar-refractivity contribution in [2.45, 2.75) is 6.54 Å². The van der Waals surface area contributed by atoms with Crippen molar-refractivity contribution in [3.8, 4) is 0 Å². The van der Waals surface area contributed by atoms with E-state index in [-0.39, 0.29) is 12.5 Å². The third-order valence-electron chi connectivity index (χ3n) is 3.11. The Morgan fingerprint density at radius 2 is 2.00 bits per heavy atom. The molecule has 1 heterocycles. The summed E-state index contributed by atoms with van der Waals surface area (Å²) >= 11 is 5.80. The zero-order chi connectivity index (χ0) is 15.4. The second kappa shape index (κ2) is 6.41. The summed E-state index contributed by atoms with van der Waals surface area (Å²) in [6, 6.07) is 14.8. The summed E-state index contributed by atoms with van der Waals surface area (Å²) < 4.78 is 1.78. The lowest BCUT2D eigenvalue weighted by molar-refractivity contribution is -0.121. The number of amides is 1. The minimum absolute atomic E-state index is 0.165. The molecular weight excluding hydrogens is 300 g/mol. The largest absolute Gasteiger partial charge is 0.321 e. The van der Waals surface area contributed by atoms with Crippen LogP contribution in [0, 0.1) is 0 Å². The third-order valence-corrected chi connectivity index (χ3v) is 3.37. The fourth-order valence-corrected chi connectivity index (χ4v) is 2.18. The molecule has 5 nitrogen and oxygen atoms in total. The van der Waals surface area contributed by atoms with Gasteiger partial charge < -0.3 is 4.57 Å². The number of benzene rings is 2. The summed E-state index contributed by atoms with van der Waals surface area (Å²) in [7, 11) is 0. The zero-order valence-electron chi connectivity index (χ0n) is 11.6. The maximum Gasteiger partial charge on any atom is 0.260 e. The highest BCUT2D eigenvalue weighted by Gasteiger charge is 2.05. The molecular formula is C16H13ClN4O. The van der Waals surface area contributed by atoms with Crippen molar-refractivity contribution in [1.29, 1.82) is 0 Å². The van der Waals surface area contributed by atoms with Gasteiger partial charge in [-0.2, -0.15) is 5.10 Å². The van der Waals surface area contributed by atoms with E-state index in [0.717, 1.165) is 16.6 Å². The molecule has 0 radical (unpaired) electrons. The standard InChI is InChI=1S/C16H13ClN4O/c17-13-7-5-12(6-8-13)9-19-20-16(22)10-21-11-18-14-3-1-2-4-15(14)21/h1-9,11H,10H2,(H,20,22)/b19-9-. The van der Waals surface area contributed by atoms with E-state index in [1.807, 2.05) is 36.4 Å². The molecule has 22 heavy (non-hydrogen) atoms. The predicted molar refractivity (Wildman–Crippen MR) is 86.9 cm³/mol. The summed E-state index contributed by atoms with van der Waals surface area (Å²) in [6.07, 6.45) is 3.22. The predicted octanol–water partition coefficient (Wildman–Crippen LogP) is 2.84. The Labute approximate surface area is 132 Å². The highest BCUT2D eigenvalue weighted by Crippen LogP contribution is 2.11. The summed E-state index contributed by atoms with van der Waals surface area (Å²) in [4.78, 5) is 16.1. The Morgan fingerprint density at radius 1 is 1.23 bits per heavy atom. The first-order valence-corrected chi connectivity index (χ1v) is 7.07. The van der Waals surface area contributed by atoms with Crippen LogP contribution in [0.3, 0.4) is 0 Å². The van der Waals surface area contributed by atoms with Gasteiger partial charge in [0.1, 0.15) is 6.54 Å². The molecule has 0 atom stereocenters. The number of carbonyl (C=O) groups is 1. The van der Waals surface area contributed by atoms with Crippen LogP contribution in [-0.4, -0.2) is 21.7 Å². The number of imidazole rings is 1. The molecule has 0 aliphatic heterocycles. The fourth-order valence-electron chi connectivity index (χ4n) is 2.05. The normalized spacial score (nSPS) is 11.1. The first-order valence-electron chi connectivity index (χ1n) is 6.70. The summed E-state index contributed by atoms with van der Waals surface area (Å²) in [5.74, 6) is -0.214. The highest BCUT2D eigenvalue weighted by atomic mass is 35.5. The number of hydrazone groups is 1. The Kier molecular flexibility index (Phi) is 4.16. The topological polar surface area (TPSA) is 59.3 Å². The van der Waals surface area contributed by atoms with Gasteiger partial charge in [0.25, 0.3) is 5.91 Å². The number of hydrogen-bond donors (Lipinski definition) is 1. The lowest BCUT2D eigenvalue weighted by Crippen LogP contribution is -2.22. The number of halogens is 1. The molecule has 2 aromatic carbocycles. The Bertz CT molecular complexity index is 824. The second-order valence-corrected chi connectivity index (χ2v) is 5.14. The molecule has 0 aliphatic rings. The monoisotopic (exact) mass is 312 g/mol. The number of aromatic nitrogens is 2. The van der Waals surface area contributed by atoms with Gasteiger partial charge in [-0.1, -0.05) is 35.9 Å². The molecule has 0 bridgehead atoms. The van der Waals surface area contributed by atoms with E-state index in [2.05, 4.69) is 15.5 Å². The number of carbonyl (C=O) groups excluding carboxylic acids is 1. The van der Waals surface area contributed by atoms with Crippen LogP contribution in [-0.2, 0) is 11.3 Å². The van der Waals surface area contributed by atoms with Crippen LogP contribution in [0.5, 0.6) is 0 Å². The molecule has 1 amide bonds. The van der Waals surface area contributed by atoms with Crippen molar-refractivity contribution in [3.63, 3.8) is 0 Å². The Hall–Kier alpha value is -2.66. The van der Waals surface area contributed by atoms with Crippen molar-refractivity contribution < 1.29 is 4.79 Å². The van der Waals surface area contributed by atoms with E-state index in [9.17, 15) is 4.79 Å². The van der Waals surface area contributed by atoms with Gasteiger partial charge in [0, 0.05) is 5.02 Å². The summed E-state index contributed by atoms with van der Waals surface area (Å²) in [5, 5.41) is 4.59. The van der Waals surface area contributed by atoms with Crippen LogP contribution in [0.4, 0.5) is 0 Å². The molecule has 0 spiro atoms. The van der Waals surface area contributed by atoms with E-state index in [4.69, 9.17) is 11.6 Å². The Balaban J connectivity index is 1.62. The molecule has 0 saturated carbocycles. The molecule has 3 rings (SSSR count). The zero-order valence-corrected chi connectivity index (χ0v) is 12.4. The van der Waals surface area contributed by atoms with Gasteiger partial charge in [-0.05, 0) is 29.8 Å². The van der Waals surface area contributed by atoms with Crippen LogP contribution in [0.25, 0.3) is 11.0 Å². The number of rotatable bonds is 4. The number of hydrogen-bond acceptors (Lipinski definition) is 3. The number of nitrogens with zero attached hydrogens (tertiary/aromatic N) is 3. The highest BCUT2D eigenvalue weighted by molar-refractivity contribution is 6.30. The van der Waals surface area contributed by atoms with Crippen molar-refractivity contribution in [2.75, 3.05) is 0 Å². The maximum atomic E-state index is 11.9. The lowest BCUT2D eigenvalue weighted by atomic mass is 10.2. The van der Waals surface area contributed by atoms with Crippen molar-refractivity contribution >= 4 is 34.8 Å². The van der Waals surface area contributed by atoms with Crippen LogP contribution >= 0.6 is 11.6 Å². The Morgan fingerprint density at radius 3 is 2.82 bits per heavy atom. The second-order valence-electron chi connectivity index (χ2n) is 4.71. The molecule has 1 aromatic heterocycles. The van der Waals surface area contributed by atoms with E-state index in [1.54, 1.807) is 29.2 Å². The van der Waals surface area contributed by atoms with E-state index in [0.29, 0.717) is 5.02 Å². The maximum absolute atomic E-state index is 11.9. The number of para-hydroxylation sites is 2. The van der Waals surface area contributed by atoms with Gasteiger partial charge in [-0.15, -0.1) is 0 Å². The molecule has 0 fully saturated rings.